The monoisotopic (exact) mass is 480 g/mol. The third-order valence-corrected chi connectivity index (χ3v) is 6.75. The lowest BCUT2D eigenvalue weighted by Gasteiger charge is -2.32. The Kier molecular flexibility index (Phi) is 8.22. The fourth-order valence-corrected chi connectivity index (χ4v) is 4.93. The summed E-state index contributed by atoms with van der Waals surface area (Å²) >= 11 is 0. The summed E-state index contributed by atoms with van der Waals surface area (Å²) in [7, 11) is 1.69. The summed E-state index contributed by atoms with van der Waals surface area (Å²) in [6.45, 7) is 8.61. The normalized spacial score (nSPS) is 17.3. The predicted molar refractivity (Wildman–Crippen MR) is 140 cm³/mol. The van der Waals surface area contributed by atoms with Gasteiger partial charge in [-0.15, -0.1) is 0 Å². The molecule has 6 nitrogen and oxygen atoms in total. The third kappa shape index (κ3) is 6.91. The molecular weight excluding hydrogens is 440 g/mol. The van der Waals surface area contributed by atoms with Gasteiger partial charge in [0.25, 0.3) is 0 Å². The van der Waals surface area contributed by atoms with Crippen molar-refractivity contribution < 1.29 is 19.0 Å². The molecule has 0 bridgehead atoms. The minimum absolute atomic E-state index is 0.243. The van der Waals surface area contributed by atoms with Gasteiger partial charge in [0.2, 0.25) is 0 Å². The molecule has 0 spiro atoms. The Morgan fingerprint density at radius 2 is 1.69 bits per heavy atom. The predicted octanol–water partition coefficient (Wildman–Crippen LogP) is 6.11. The maximum atomic E-state index is 12.8. The van der Waals surface area contributed by atoms with E-state index in [0.29, 0.717) is 11.5 Å². The second kappa shape index (κ2) is 11.3. The average Bonchev–Trinajstić information content (AvgIpc) is 3.35. The van der Waals surface area contributed by atoms with E-state index in [2.05, 4.69) is 28.4 Å². The summed E-state index contributed by atoms with van der Waals surface area (Å²) in [5.74, 6) is 1.80. The van der Waals surface area contributed by atoms with E-state index in [1.807, 2.05) is 45.0 Å². The maximum absolute atomic E-state index is 12.8. The summed E-state index contributed by atoms with van der Waals surface area (Å²) < 4.78 is 17.7. The lowest BCUT2D eigenvalue weighted by molar-refractivity contribution is 0.00695. The molecule has 0 aromatic heterocycles. The van der Waals surface area contributed by atoms with Crippen molar-refractivity contribution in [1.82, 2.24) is 5.32 Å². The molecule has 190 valence electrons. The molecule has 1 aliphatic carbocycles. The molecule has 0 atom stereocenters. The van der Waals surface area contributed by atoms with Crippen LogP contribution in [-0.2, 0) is 4.74 Å². The molecule has 4 rings (SSSR count). The summed E-state index contributed by atoms with van der Waals surface area (Å²) in [5, 5.41) is 3.46. The van der Waals surface area contributed by atoms with Crippen molar-refractivity contribution in [3.8, 4) is 11.5 Å². The summed E-state index contributed by atoms with van der Waals surface area (Å²) in [6.07, 6.45) is 7.10. The second-order valence-electron chi connectivity index (χ2n) is 10.7. The molecule has 2 aliphatic rings. The minimum atomic E-state index is -0.537. The van der Waals surface area contributed by atoms with Crippen LogP contribution in [0.4, 0.5) is 11.4 Å². The van der Waals surface area contributed by atoms with Crippen molar-refractivity contribution in [2.75, 3.05) is 31.6 Å². The summed E-state index contributed by atoms with van der Waals surface area (Å²) in [5.41, 5.74) is 2.04. The summed E-state index contributed by atoms with van der Waals surface area (Å²) in [4.78, 5) is 15.1. The van der Waals surface area contributed by atoms with E-state index in [0.717, 1.165) is 68.2 Å². The highest BCUT2D eigenvalue weighted by Gasteiger charge is 2.24. The number of nitrogens with one attached hydrogen (secondary N) is 1. The van der Waals surface area contributed by atoms with Crippen LogP contribution in [-0.4, -0.2) is 44.4 Å². The van der Waals surface area contributed by atoms with E-state index < -0.39 is 5.60 Å². The van der Waals surface area contributed by atoms with Crippen LogP contribution >= 0.6 is 0 Å². The number of piperidine rings is 1. The molecular formula is C29H40N2O4. The van der Waals surface area contributed by atoms with E-state index >= 15 is 0 Å². The van der Waals surface area contributed by atoms with Crippen LogP contribution < -0.4 is 19.7 Å². The number of carbonyl (C=O) groups is 1. The fourth-order valence-electron chi connectivity index (χ4n) is 4.93. The molecule has 35 heavy (non-hydrogen) atoms. The van der Waals surface area contributed by atoms with Gasteiger partial charge < -0.3 is 24.4 Å². The SMILES string of the molecule is COc1ccc(N(CC2CCNCC2)c2cccc(C(=O)OC(C)(C)C)c2)cc1OC1CCCC1. The first-order chi connectivity index (χ1) is 16.8. The van der Waals surface area contributed by atoms with Gasteiger partial charge in [0, 0.05) is 24.0 Å². The van der Waals surface area contributed by atoms with Crippen LogP contribution in [0.3, 0.4) is 0 Å². The van der Waals surface area contributed by atoms with Gasteiger partial charge in [-0.25, -0.2) is 4.79 Å². The van der Waals surface area contributed by atoms with Crippen molar-refractivity contribution in [2.24, 2.45) is 5.92 Å². The van der Waals surface area contributed by atoms with Gasteiger partial charge in [0.05, 0.1) is 18.8 Å². The van der Waals surface area contributed by atoms with Gasteiger partial charge in [-0.05, 0) is 109 Å². The van der Waals surface area contributed by atoms with Crippen LogP contribution in [0.25, 0.3) is 0 Å². The zero-order valence-electron chi connectivity index (χ0n) is 21.6. The van der Waals surface area contributed by atoms with Crippen LogP contribution in [0.15, 0.2) is 42.5 Å². The molecule has 2 aromatic carbocycles. The third-order valence-electron chi connectivity index (χ3n) is 6.75. The Bertz CT molecular complexity index is 988. The van der Waals surface area contributed by atoms with Gasteiger partial charge in [-0.1, -0.05) is 6.07 Å². The number of ether oxygens (including phenoxy) is 3. The number of methoxy groups -OCH3 is 1. The van der Waals surface area contributed by atoms with Gasteiger partial charge in [0.1, 0.15) is 5.60 Å². The highest BCUT2D eigenvalue weighted by atomic mass is 16.6. The van der Waals surface area contributed by atoms with E-state index in [1.54, 1.807) is 7.11 Å². The topological polar surface area (TPSA) is 60.0 Å². The molecule has 0 radical (unpaired) electrons. The fraction of sp³-hybridized carbons (Fsp3) is 0.552. The number of esters is 1. The Morgan fingerprint density at radius 1 is 0.971 bits per heavy atom. The highest BCUT2D eigenvalue weighted by molar-refractivity contribution is 5.91. The Hall–Kier alpha value is -2.73. The lowest BCUT2D eigenvalue weighted by atomic mass is 9.96. The first kappa shape index (κ1) is 25.4. The Balaban J connectivity index is 1.67. The minimum Gasteiger partial charge on any atom is -0.493 e. The van der Waals surface area contributed by atoms with E-state index in [1.165, 1.54) is 12.8 Å². The van der Waals surface area contributed by atoms with Gasteiger partial charge in [-0.3, -0.25) is 0 Å². The van der Waals surface area contributed by atoms with Crippen molar-refractivity contribution in [3.63, 3.8) is 0 Å². The molecule has 1 N–H and O–H groups in total. The molecule has 2 fully saturated rings. The number of rotatable bonds is 8. The molecule has 6 heteroatoms. The largest absolute Gasteiger partial charge is 0.493 e. The zero-order chi connectivity index (χ0) is 24.8. The average molecular weight is 481 g/mol. The number of carbonyl (C=O) groups excluding carboxylic acids is 1. The van der Waals surface area contributed by atoms with E-state index in [-0.39, 0.29) is 12.1 Å². The van der Waals surface area contributed by atoms with Crippen LogP contribution in [0.1, 0.15) is 69.7 Å². The molecule has 1 aliphatic heterocycles. The molecule has 1 saturated heterocycles. The van der Waals surface area contributed by atoms with E-state index in [9.17, 15) is 4.79 Å². The van der Waals surface area contributed by atoms with E-state index in [4.69, 9.17) is 14.2 Å². The van der Waals surface area contributed by atoms with Gasteiger partial charge in [-0.2, -0.15) is 0 Å². The quantitative estimate of drug-likeness (QED) is 0.460. The van der Waals surface area contributed by atoms with Crippen LogP contribution in [0.5, 0.6) is 11.5 Å². The van der Waals surface area contributed by atoms with Crippen molar-refractivity contribution in [3.05, 3.63) is 48.0 Å². The lowest BCUT2D eigenvalue weighted by Crippen LogP contribution is -2.34. The maximum Gasteiger partial charge on any atom is 0.338 e. The summed E-state index contributed by atoms with van der Waals surface area (Å²) in [6, 6.07) is 13.9. The molecule has 1 heterocycles. The van der Waals surface area contributed by atoms with Gasteiger partial charge >= 0.3 is 5.97 Å². The first-order valence-electron chi connectivity index (χ1n) is 13.0. The van der Waals surface area contributed by atoms with Crippen LogP contribution in [0, 0.1) is 5.92 Å². The number of hydrogen-bond acceptors (Lipinski definition) is 6. The van der Waals surface area contributed by atoms with Gasteiger partial charge in [0.15, 0.2) is 11.5 Å². The Morgan fingerprint density at radius 3 is 2.37 bits per heavy atom. The molecule has 0 unspecified atom stereocenters. The number of nitrogens with zero attached hydrogens (tertiary/aromatic N) is 1. The number of benzene rings is 2. The number of hydrogen-bond donors (Lipinski definition) is 1. The number of anilines is 2. The molecule has 0 amide bonds. The van der Waals surface area contributed by atoms with Crippen LogP contribution in [0.2, 0.25) is 0 Å². The van der Waals surface area contributed by atoms with Crippen molar-refractivity contribution in [1.29, 1.82) is 0 Å². The van der Waals surface area contributed by atoms with Crippen molar-refractivity contribution >= 4 is 17.3 Å². The van der Waals surface area contributed by atoms with Crippen molar-refractivity contribution in [2.45, 2.75) is 71.0 Å². The second-order valence-corrected chi connectivity index (χ2v) is 10.7. The first-order valence-corrected chi connectivity index (χ1v) is 13.0. The smallest absolute Gasteiger partial charge is 0.338 e. The molecule has 1 saturated carbocycles. The Labute approximate surface area is 209 Å². The zero-order valence-corrected chi connectivity index (χ0v) is 21.6. The standard InChI is InChI=1S/C29H40N2O4/c1-29(2,3)35-28(32)22-8-7-9-23(18-22)31(20-21-14-16-30-17-15-21)24-12-13-26(33-4)27(19-24)34-25-10-5-6-11-25/h7-9,12-13,18-19,21,25,30H,5-6,10-11,14-17,20H2,1-4H3. The molecule has 2 aromatic rings. The highest BCUT2D eigenvalue weighted by Crippen LogP contribution is 2.38.